The van der Waals surface area contributed by atoms with Crippen LogP contribution in [0.15, 0.2) is 186 Å². The highest BCUT2D eigenvalue weighted by Gasteiger charge is 2.25. The molecule has 1 aromatic heterocycles. The van der Waals surface area contributed by atoms with Crippen LogP contribution in [-0.4, -0.2) is 0 Å². The van der Waals surface area contributed by atoms with Crippen molar-refractivity contribution in [1.29, 1.82) is 0 Å². The van der Waals surface area contributed by atoms with E-state index in [-0.39, 0.29) is 60.7 Å². The highest BCUT2D eigenvalue weighted by Crippen LogP contribution is 2.50. The van der Waals surface area contributed by atoms with Gasteiger partial charge in [0.25, 0.3) is 0 Å². The number of fused-ring (bicyclic) bond motifs is 3. The fraction of sp³-hybridized carbons (Fsp3) is 0. The van der Waals surface area contributed by atoms with Crippen molar-refractivity contribution < 1.29 is 33.2 Å². The van der Waals surface area contributed by atoms with Gasteiger partial charge in [-0.15, -0.1) is 0 Å². The number of rotatable bonds is 5. The van der Waals surface area contributed by atoms with Crippen LogP contribution in [0, 0.1) is 0 Å². The largest absolute Gasteiger partial charge is 0.455 e. The van der Waals surface area contributed by atoms with Gasteiger partial charge in [-0.05, 0) is 55.4 Å². The van der Waals surface area contributed by atoms with Crippen LogP contribution in [0.4, 0.5) is 0 Å². The van der Waals surface area contributed by atoms with Crippen molar-refractivity contribution in [3.05, 3.63) is 181 Å². The SMILES string of the molecule is [2H]c1c([2H])c([2H])c(-c2cccc(-c3oc4c(-c5c([2H])c([2H])c([2H])c([2H])c5[2H])c([2H])c([2H])c([2H])c4c3-c3c4c([2H])c([2H])c([2H])c([2H])c4c(-c4ccccc4)c4c([2H])c([2H])c([2H])c([2H])c34)c2)c([2H])c1[2H]. The van der Waals surface area contributed by atoms with Gasteiger partial charge in [-0.3, -0.25) is 0 Å². The Morgan fingerprint density at radius 3 is 1.55 bits per heavy atom. The highest BCUT2D eigenvalue weighted by atomic mass is 16.3. The van der Waals surface area contributed by atoms with Crippen molar-refractivity contribution in [2.24, 2.45) is 0 Å². The summed E-state index contributed by atoms with van der Waals surface area (Å²) in [6, 6.07) is -1.34. The van der Waals surface area contributed by atoms with E-state index in [2.05, 4.69) is 0 Å². The van der Waals surface area contributed by atoms with Gasteiger partial charge >= 0.3 is 0 Å². The molecule has 9 rings (SSSR count). The number of furan rings is 1. The number of hydrogen-bond donors (Lipinski definition) is 0. The van der Waals surface area contributed by atoms with E-state index in [1.54, 1.807) is 30.3 Å². The first kappa shape index (κ1) is 13.3. The quantitative estimate of drug-likeness (QED) is 0.175. The summed E-state index contributed by atoms with van der Waals surface area (Å²) in [5.74, 6) is -0.365. The van der Waals surface area contributed by atoms with Gasteiger partial charge in [0.1, 0.15) is 11.3 Å². The van der Waals surface area contributed by atoms with Crippen LogP contribution in [0.1, 0.15) is 28.8 Å². The van der Waals surface area contributed by atoms with Gasteiger partial charge in [-0.1, -0.05) is 175 Å². The molecule has 220 valence electrons. The first-order chi connectivity index (χ1) is 32.1. The summed E-state index contributed by atoms with van der Waals surface area (Å²) in [5.41, 5.74) is -2.32. The molecular formula is C46H30O. The maximum Gasteiger partial charge on any atom is 0.143 e. The summed E-state index contributed by atoms with van der Waals surface area (Å²) < 4.78 is 194. The Morgan fingerprint density at radius 2 is 0.894 bits per heavy atom. The summed E-state index contributed by atoms with van der Waals surface area (Å²) in [6.45, 7) is 0. The molecule has 0 aliphatic rings. The lowest BCUT2D eigenvalue weighted by atomic mass is 9.84. The topological polar surface area (TPSA) is 13.1 Å². The zero-order valence-corrected chi connectivity index (χ0v) is 24.1. The molecule has 0 saturated heterocycles. The Bertz CT molecular complexity index is 3610. The molecule has 0 amide bonds. The molecule has 0 aliphatic carbocycles. The predicted molar refractivity (Wildman–Crippen MR) is 198 cm³/mol. The number of para-hydroxylation sites is 1. The van der Waals surface area contributed by atoms with Crippen molar-refractivity contribution in [2.45, 2.75) is 0 Å². The molecule has 0 bridgehead atoms. The van der Waals surface area contributed by atoms with Crippen LogP contribution >= 0.6 is 0 Å². The minimum absolute atomic E-state index is 0.00331. The Morgan fingerprint density at radius 1 is 0.362 bits per heavy atom. The van der Waals surface area contributed by atoms with Gasteiger partial charge in [0.05, 0.1) is 28.8 Å². The third-order valence-corrected chi connectivity index (χ3v) is 7.86. The van der Waals surface area contributed by atoms with Crippen LogP contribution in [-0.2, 0) is 0 Å². The van der Waals surface area contributed by atoms with Crippen LogP contribution in [0.2, 0.25) is 0 Å². The van der Waals surface area contributed by atoms with E-state index in [1.165, 1.54) is 24.3 Å². The van der Waals surface area contributed by atoms with Gasteiger partial charge in [0, 0.05) is 27.6 Å². The molecule has 1 heterocycles. The third kappa shape index (κ3) is 4.56. The van der Waals surface area contributed by atoms with Gasteiger partial charge in [-0.25, -0.2) is 0 Å². The molecule has 0 unspecified atom stereocenters. The highest BCUT2D eigenvalue weighted by molar-refractivity contribution is 6.25. The molecule has 0 N–H and O–H groups in total. The zero-order valence-electron chi connectivity index (χ0n) is 45.1. The molecule has 0 saturated carbocycles. The molecule has 9 aromatic rings. The van der Waals surface area contributed by atoms with Crippen LogP contribution in [0.25, 0.3) is 88.3 Å². The standard InChI is InChI=1S/C46H30O/c1-4-16-31(17-5-1)34-22-14-23-35(30-34)45-44(41-29-15-28-36(46(41)47-45)32-18-6-2-7-19-32)43-39-26-12-10-24-37(39)42(33-20-8-3-9-21-33)38-25-11-13-27-40(38)43/h1-30H/i1D,2D,4D,5D,6D,7D,10D,11D,12D,13D,15D,16D,17D,18D,19D,24D,25D,26D,27D,28D,29D. The van der Waals surface area contributed by atoms with Crippen LogP contribution in [0.3, 0.4) is 0 Å². The number of hydrogen-bond acceptors (Lipinski definition) is 1. The van der Waals surface area contributed by atoms with Crippen LogP contribution < -0.4 is 0 Å². The van der Waals surface area contributed by atoms with Crippen molar-refractivity contribution in [3.8, 4) is 55.8 Å². The second-order valence-electron chi connectivity index (χ2n) is 10.5. The molecule has 1 nitrogen and oxygen atoms in total. The monoisotopic (exact) mass is 619 g/mol. The van der Waals surface area contributed by atoms with Crippen LogP contribution in [0.5, 0.6) is 0 Å². The van der Waals surface area contributed by atoms with Gasteiger partial charge in [-0.2, -0.15) is 0 Å². The molecule has 8 aromatic carbocycles. The molecule has 0 aliphatic heterocycles. The fourth-order valence-electron chi connectivity index (χ4n) is 5.91. The van der Waals surface area contributed by atoms with Crippen molar-refractivity contribution in [2.75, 3.05) is 0 Å². The number of benzene rings is 8. The van der Waals surface area contributed by atoms with Gasteiger partial charge in [0.15, 0.2) is 0 Å². The fourth-order valence-corrected chi connectivity index (χ4v) is 5.91. The Hall–Kier alpha value is -6.18. The van der Waals surface area contributed by atoms with E-state index < -0.39 is 149 Å². The maximum atomic E-state index is 9.56. The lowest BCUT2D eigenvalue weighted by Crippen LogP contribution is -1.91. The summed E-state index contributed by atoms with van der Waals surface area (Å²) in [5, 5.41) is -1.52. The summed E-state index contributed by atoms with van der Waals surface area (Å²) in [7, 11) is 0. The van der Waals surface area contributed by atoms with Gasteiger partial charge in [0.2, 0.25) is 0 Å². The average molecular weight is 620 g/mol. The second kappa shape index (κ2) is 11.3. The van der Waals surface area contributed by atoms with E-state index in [1.807, 2.05) is 0 Å². The van der Waals surface area contributed by atoms with Crippen molar-refractivity contribution >= 4 is 32.5 Å². The molecule has 0 fully saturated rings. The first-order valence-corrected chi connectivity index (χ1v) is 14.4. The second-order valence-corrected chi connectivity index (χ2v) is 10.5. The van der Waals surface area contributed by atoms with E-state index in [0.717, 1.165) is 0 Å². The van der Waals surface area contributed by atoms with Crippen molar-refractivity contribution in [1.82, 2.24) is 0 Å². The summed E-state index contributed by atoms with van der Waals surface area (Å²) >= 11 is 0. The first-order valence-electron chi connectivity index (χ1n) is 24.9. The van der Waals surface area contributed by atoms with E-state index in [4.69, 9.17) is 23.6 Å². The molecular weight excluding hydrogens is 569 g/mol. The minimum atomic E-state index is -0.848. The minimum Gasteiger partial charge on any atom is -0.455 e. The lowest BCUT2D eigenvalue weighted by Gasteiger charge is -2.18. The smallest absolute Gasteiger partial charge is 0.143 e. The van der Waals surface area contributed by atoms with E-state index in [9.17, 15) is 9.60 Å². The van der Waals surface area contributed by atoms with E-state index in [0.29, 0.717) is 5.56 Å². The lowest BCUT2D eigenvalue weighted by molar-refractivity contribution is 0.633. The predicted octanol–water partition coefficient (Wildman–Crippen LogP) is 13.1. The van der Waals surface area contributed by atoms with Crippen molar-refractivity contribution in [3.63, 3.8) is 0 Å². The molecule has 0 radical (unpaired) electrons. The van der Waals surface area contributed by atoms with Gasteiger partial charge < -0.3 is 4.42 Å². The Balaban J connectivity index is 1.62. The summed E-state index contributed by atoms with van der Waals surface area (Å²) in [6.07, 6.45) is 0. The van der Waals surface area contributed by atoms with E-state index >= 15 is 0 Å². The summed E-state index contributed by atoms with van der Waals surface area (Å²) in [4.78, 5) is 0. The molecule has 0 spiro atoms. The Kier molecular flexibility index (Phi) is 3.20. The third-order valence-electron chi connectivity index (χ3n) is 7.86. The zero-order chi connectivity index (χ0) is 49.4. The molecule has 0 atom stereocenters. The molecule has 47 heavy (non-hydrogen) atoms. The Labute approximate surface area is 303 Å². The maximum absolute atomic E-state index is 9.56. The normalized spacial score (nSPS) is 17.7. The molecule has 1 heteroatoms. The average Bonchev–Trinajstić information content (AvgIpc) is 3.73.